The van der Waals surface area contributed by atoms with Gasteiger partial charge in [-0.05, 0) is 31.9 Å². The summed E-state index contributed by atoms with van der Waals surface area (Å²) >= 11 is 0. The molecule has 0 spiro atoms. The van der Waals surface area contributed by atoms with E-state index in [-0.39, 0.29) is 5.92 Å². The van der Waals surface area contributed by atoms with Gasteiger partial charge in [0.1, 0.15) is 5.82 Å². The van der Waals surface area contributed by atoms with Gasteiger partial charge in [0.2, 0.25) is 0 Å². The smallest absolute Gasteiger partial charge is 0.308 e. The van der Waals surface area contributed by atoms with E-state index in [0.29, 0.717) is 13.0 Å². The fraction of sp³-hybridized carbons (Fsp3) is 0.357. The maximum atomic E-state index is 11.1. The predicted octanol–water partition coefficient (Wildman–Crippen LogP) is 1.90. The molecule has 0 amide bonds. The summed E-state index contributed by atoms with van der Waals surface area (Å²) in [5.74, 6) is -0.136. The lowest BCUT2D eigenvalue weighted by atomic mass is 9.96. The number of fused-ring (bicyclic) bond motifs is 1. The maximum absolute atomic E-state index is 11.1. The number of aliphatic carboxylic acids is 1. The van der Waals surface area contributed by atoms with Crippen LogP contribution in [0.3, 0.4) is 0 Å². The van der Waals surface area contributed by atoms with Crippen molar-refractivity contribution >= 4 is 5.97 Å². The SMILES string of the molecule is Cc1nc(-c2ccncc2)c2n1CC(C(=O)O)CC2. The lowest BCUT2D eigenvalue weighted by molar-refractivity contribution is -0.142. The van der Waals surface area contributed by atoms with Crippen LogP contribution in [-0.2, 0) is 17.8 Å². The number of pyridine rings is 1. The average molecular weight is 257 g/mol. The van der Waals surface area contributed by atoms with E-state index in [9.17, 15) is 4.79 Å². The van der Waals surface area contributed by atoms with E-state index >= 15 is 0 Å². The van der Waals surface area contributed by atoms with E-state index in [0.717, 1.165) is 29.2 Å². The average Bonchev–Trinajstić information content (AvgIpc) is 2.77. The van der Waals surface area contributed by atoms with E-state index in [1.807, 2.05) is 23.6 Å². The molecule has 0 radical (unpaired) electrons. The fourth-order valence-electron chi connectivity index (χ4n) is 2.67. The molecule has 2 aromatic heterocycles. The Bertz CT molecular complexity index is 619. The summed E-state index contributed by atoms with van der Waals surface area (Å²) < 4.78 is 2.04. The van der Waals surface area contributed by atoms with Gasteiger partial charge in [-0.25, -0.2) is 4.98 Å². The van der Waals surface area contributed by atoms with Gasteiger partial charge in [0.05, 0.1) is 11.6 Å². The molecule has 5 nitrogen and oxygen atoms in total. The standard InChI is InChI=1S/C14H15N3O2/c1-9-16-13(10-4-6-15-7-5-10)12-3-2-11(14(18)19)8-17(9)12/h4-7,11H,2-3,8H2,1H3,(H,18,19). The van der Waals surface area contributed by atoms with Crippen molar-refractivity contribution in [2.75, 3.05) is 0 Å². The monoisotopic (exact) mass is 257 g/mol. The Hall–Kier alpha value is -2.17. The number of aryl methyl sites for hydroxylation is 1. The molecule has 1 unspecified atom stereocenters. The molecule has 1 atom stereocenters. The number of hydrogen-bond donors (Lipinski definition) is 1. The van der Waals surface area contributed by atoms with E-state index in [2.05, 4.69) is 9.97 Å². The molecule has 98 valence electrons. The van der Waals surface area contributed by atoms with Crippen molar-refractivity contribution in [3.63, 3.8) is 0 Å². The molecule has 0 aliphatic carbocycles. The first-order valence-corrected chi connectivity index (χ1v) is 6.36. The summed E-state index contributed by atoms with van der Waals surface area (Å²) in [6, 6.07) is 3.87. The second-order valence-corrected chi connectivity index (χ2v) is 4.87. The van der Waals surface area contributed by atoms with Crippen LogP contribution in [0.2, 0.25) is 0 Å². The minimum Gasteiger partial charge on any atom is -0.481 e. The number of nitrogens with zero attached hydrogens (tertiary/aromatic N) is 3. The van der Waals surface area contributed by atoms with Gasteiger partial charge in [-0.15, -0.1) is 0 Å². The topological polar surface area (TPSA) is 68.0 Å². The number of hydrogen-bond acceptors (Lipinski definition) is 3. The zero-order valence-corrected chi connectivity index (χ0v) is 10.7. The molecular weight excluding hydrogens is 242 g/mol. The molecule has 0 saturated heterocycles. The van der Waals surface area contributed by atoms with E-state index in [4.69, 9.17) is 5.11 Å². The van der Waals surface area contributed by atoms with Crippen LogP contribution >= 0.6 is 0 Å². The lowest BCUT2D eigenvalue weighted by Gasteiger charge is -2.22. The van der Waals surface area contributed by atoms with Crippen molar-refractivity contribution in [2.24, 2.45) is 5.92 Å². The van der Waals surface area contributed by atoms with Crippen LogP contribution in [0.25, 0.3) is 11.3 Å². The highest BCUT2D eigenvalue weighted by molar-refractivity contribution is 5.70. The molecule has 19 heavy (non-hydrogen) atoms. The molecule has 2 aromatic rings. The zero-order valence-electron chi connectivity index (χ0n) is 10.7. The van der Waals surface area contributed by atoms with Crippen molar-refractivity contribution in [3.05, 3.63) is 36.0 Å². The minimum absolute atomic E-state index is 0.300. The third-order valence-electron chi connectivity index (χ3n) is 3.70. The normalized spacial score (nSPS) is 18.1. The molecule has 3 rings (SSSR count). The van der Waals surface area contributed by atoms with Crippen molar-refractivity contribution in [1.29, 1.82) is 0 Å². The van der Waals surface area contributed by atoms with Crippen molar-refractivity contribution in [1.82, 2.24) is 14.5 Å². The highest BCUT2D eigenvalue weighted by atomic mass is 16.4. The van der Waals surface area contributed by atoms with Crippen molar-refractivity contribution in [2.45, 2.75) is 26.3 Å². The number of carboxylic acids is 1. The molecule has 1 N–H and O–H groups in total. The summed E-state index contributed by atoms with van der Waals surface area (Å²) in [7, 11) is 0. The molecule has 3 heterocycles. The first-order valence-electron chi connectivity index (χ1n) is 6.36. The molecule has 1 aliphatic rings. The molecule has 0 aromatic carbocycles. The van der Waals surface area contributed by atoms with Gasteiger partial charge in [-0.2, -0.15) is 0 Å². The van der Waals surface area contributed by atoms with Crippen LogP contribution in [0.5, 0.6) is 0 Å². The lowest BCUT2D eigenvalue weighted by Crippen LogP contribution is -2.27. The van der Waals surface area contributed by atoms with Crippen molar-refractivity contribution < 1.29 is 9.90 Å². The molecule has 1 aliphatic heterocycles. The van der Waals surface area contributed by atoms with Gasteiger partial charge in [-0.1, -0.05) is 0 Å². The number of carbonyl (C=O) groups is 1. The van der Waals surface area contributed by atoms with Crippen molar-refractivity contribution in [3.8, 4) is 11.3 Å². The molecule has 0 fully saturated rings. The van der Waals surface area contributed by atoms with Crippen LogP contribution in [0, 0.1) is 12.8 Å². The van der Waals surface area contributed by atoms with Gasteiger partial charge in [0.15, 0.2) is 0 Å². The first kappa shape index (κ1) is 11.9. The third-order valence-corrected chi connectivity index (χ3v) is 3.70. The number of carboxylic acid groups (broad SMARTS) is 1. The van der Waals surface area contributed by atoms with E-state index in [1.54, 1.807) is 12.4 Å². The second kappa shape index (κ2) is 4.50. The number of aromatic nitrogens is 3. The largest absolute Gasteiger partial charge is 0.481 e. The number of imidazole rings is 1. The summed E-state index contributed by atoms with van der Waals surface area (Å²) in [5.41, 5.74) is 3.14. The van der Waals surface area contributed by atoms with Gasteiger partial charge in [0, 0.05) is 30.2 Å². The Morgan fingerprint density at radius 3 is 2.84 bits per heavy atom. The van der Waals surface area contributed by atoms with Gasteiger partial charge in [0.25, 0.3) is 0 Å². The Balaban J connectivity index is 2.03. The third kappa shape index (κ3) is 2.01. The van der Waals surface area contributed by atoms with Crippen LogP contribution in [0.4, 0.5) is 0 Å². The van der Waals surface area contributed by atoms with Crippen LogP contribution in [-0.4, -0.2) is 25.6 Å². The highest BCUT2D eigenvalue weighted by Crippen LogP contribution is 2.30. The Morgan fingerprint density at radius 2 is 2.16 bits per heavy atom. The van der Waals surface area contributed by atoms with E-state index < -0.39 is 5.97 Å². The molecular formula is C14H15N3O2. The predicted molar refractivity (Wildman–Crippen MR) is 69.6 cm³/mol. The summed E-state index contributed by atoms with van der Waals surface area (Å²) in [6.45, 7) is 2.45. The first-order chi connectivity index (χ1) is 9.16. The van der Waals surface area contributed by atoms with E-state index in [1.165, 1.54) is 0 Å². The van der Waals surface area contributed by atoms with Crippen LogP contribution in [0.15, 0.2) is 24.5 Å². The zero-order chi connectivity index (χ0) is 13.4. The van der Waals surface area contributed by atoms with Gasteiger partial charge in [-0.3, -0.25) is 9.78 Å². The molecule has 0 saturated carbocycles. The summed E-state index contributed by atoms with van der Waals surface area (Å²) in [5, 5.41) is 9.14. The Kier molecular flexibility index (Phi) is 2.81. The van der Waals surface area contributed by atoms with Gasteiger partial charge >= 0.3 is 5.97 Å². The highest BCUT2D eigenvalue weighted by Gasteiger charge is 2.28. The quantitative estimate of drug-likeness (QED) is 0.892. The molecule has 0 bridgehead atoms. The van der Waals surface area contributed by atoms with Gasteiger partial charge < -0.3 is 9.67 Å². The Labute approximate surface area is 110 Å². The second-order valence-electron chi connectivity index (χ2n) is 4.87. The van der Waals surface area contributed by atoms with Crippen LogP contribution in [0.1, 0.15) is 17.9 Å². The summed E-state index contributed by atoms with van der Waals surface area (Å²) in [6.07, 6.45) is 4.94. The van der Waals surface area contributed by atoms with Crippen LogP contribution < -0.4 is 0 Å². The number of rotatable bonds is 2. The fourth-order valence-corrected chi connectivity index (χ4v) is 2.67. The minimum atomic E-state index is -0.718. The molecule has 5 heteroatoms. The maximum Gasteiger partial charge on any atom is 0.308 e. The summed E-state index contributed by atoms with van der Waals surface area (Å²) in [4.78, 5) is 19.7. The Morgan fingerprint density at radius 1 is 1.42 bits per heavy atom.